The van der Waals surface area contributed by atoms with Crippen molar-refractivity contribution in [3.8, 4) is 0 Å². The molecule has 1 aromatic carbocycles. The maximum absolute atomic E-state index is 13.0. The molecule has 2 amide bonds. The average molecular weight is 289 g/mol. The highest BCUT2D eigenvalue weighted by Crippen LogP contribution is 2.19. The number of carbonyl (C=O) groups is 2. The maximum Gasteiger partial charge on any atom is 0.323 e. The van der Waals surface area contributed by atoms with Crippen LogP contribution in [0.4, 0.5) is 14.9 Å². The van der Waals surface area contributed by atoms with Crippen LogP contribution in [0.15, 0.2) is 18.2 Å². The summed E-state index contributed by atoms with van der Waals surface area (Å²) >= 11 is 5.59. The van der Waals surface area contributed by atoms with E-state index in [9.17, 15) is 14.0 Å². The second kappa shape index (κ2) is 6.94. The molecule has 0 aliphatic rings. The van der Waals surface area contributed by atoms with Gasteiger partial charge >= 0.3 is 12.0 Å². The molecule has 0 atom stereocenters. The quantitative estimate of drug-likeness (QED) is 0.875. The fraction of sp³-hybridized carbons (Fsp3) is 0.333. The number of rotatable bonds is 5. The summed E-state index contributed by atoms with van der Waals surface area (Å²) in [5.41, 5.74) is 0.308. The number of carboxylic acid groups (broad SMARTS) is 1. The van der Waals surface area contributed by atoms with Crippen molar-refractivity contribution in [3.05, 3.63) is 29.0 Å². The molecule has 0 heterocycles. The predicted octanol–water partition coefficient (Wildman–Crippen LogP) is 2.81. The molecular weight excluding hydrogens is 275 g/mol. The van der Waals surface area contributed by atoms with Crippen LogP contribution in [0, 0.1) is 5.82 Å². The van der Waals surface area contributed by atoms with Crippen molar-refractivity contribution in [2.24, 2.45) is 0 Å². The van der Waals surface area contributed by atoms with Gasteiger partial charge in [-0.3, -0.25) is 4.79 Å². The molecule has 0 aliphatic heterocycles. The van der Waals surface area contributed by atoms with Gasteiger partial charge < -0.3 is 15.3 Å². The minimum Gasteiger partial charge on any atom is -0.480 e. The number of urea groups is 1. The Kier molecular flexibility index (Phi) is 5.57. The van der Waals surface area contributed by atoms with Crippen molar-refractivity contribution in [3.63, 3.8) is 0 Å². The third-order valence-electron chi connectivity index (χ3n) is 2.28. The van der Waals surface area contributed by atoms with E-state index in [1.54, 1.807) is 0 Å². The normalized spacial score (nSPS) is 10.1. The highest BCUT2D eigenvalue weighted by Gasteiger charge is 2.16. The van der Waals surface area contributed by atoms with E-state index in [-0.39, 0.29) is 5.02 Å². The number of carboxylic acids is 1. The standard InChI is InChI=1S/C12H14ClFN2O3/c1-2-5-16(7-11(17)18)12(19)15-8-3-4-10(14)9(13)6-8/h3-4,6H,2,5,7H2,1H3,(H,15,19)(H,17,18). The van der Waals surface area contributed by atoms with E-state index < -0.39 is 24.4 Å². The van der Waals surface area contributed by atoms with Crippen molar-refractivity contribution in [2.75, 3.05) is 18.4 Å². The van der Waals surface area contributed by atoms with Crippen LogP contribution in [-0.2, 0) is 4.79 Å². The molecule has 7 heteroatoms. The Balaban J connectivity index is 2.74. The molecule has 1 rings (SSSR count). The van der Waals surface area contributed by atoms with E-state index in [1.807, 2.05) is 6.92 Å². The minimum absolute atomic E-state index is 0.113. The SMILES string of the molecule is CCCN(CC(=O)O)C(=O)Nc1ccc(F)c(Cl)c1. The van der Waals surface area contributed by atoms with Crippen LogP contribution in [0.2, 0.25) is 5.02 Å². The largest absolute Gasteiger partial charge is 0.480 e. The molecule has 2 N–H and O–H groups in total. The van der Waals surface area contributed by atoms with Gasteiger partial charge in [0.1, 0.15) is 12.4 Å². The Morgan fingerprint density at radius 3 is 2.68 bits per heavy atom. The van der Waals surface area contributed by atoms with E-state index in [0.717, 1.165) is 11.0 Å². The van der Waals surface area contributed by atoms with Crippen LogP contribution in [0.3, 0.4) is 0 Å². The average Bonchev–Trinajstić information content (AvgIpc) is 2.33. The minimum atomic E-state index is -1.10. The molecule has 19 heavy (non-hydrogen) atoms. The predicted molar refractivity (Wildman–Crippen MR) is 69.9 cm³/mol. The lowest BCUT2D eigenvalue weighted by Crippen LogP contribution is -2.39. The third-order valence-corrected chi connectivity index (χ3v) is 2.57. The van der Waals surface area contributed by atoms with Crippen molar-refractivity contribution >= 4 is 29.3 Å². The second-order valence-corrected chi connectivity index (χ2v) is 4.28. The van der Waals surface area contributed by atoms with Crippen LogP contribution in [0.1, 0.15) is 13.3 Å². The zero-order valence-corrected chi connectivity index (χ0v) is 11.1. The zero-order valence-electron chi connectivity index (χ0n) is 10.3. The first kappa shape index (κ1) is 15.2. The number of carbonyl (C=O) groups excluding carboxylic acids is 1. The van der Waals surface area contributed by atoms with Crippen LogP contribution in [0.25, 0.3) is 0 Å². The smallest absolute Gasteiger partial charge is 0.323 e. The summed E-state index contributed by atoms with van der Waals surface area (Å²) < 4.78 is 13.0. The number of anilines is 1. The number of hydrogen-bond donors (Lipinski definition) is 2. The molecule has 104 valence electrons. The summed E-state index contributed by atoms with van der Waals surface area (Å²) in [6.45, 7) is 1.75. The summed E-state index contributed by atoms with van der Waals surface area (Å²) in [6.07, 6.45) is 0.630. The topological polar surface area (TPSA) is 69.6 Å². The highest BCUT2D eigenvalue weighted by atomic mass is 35.5. The molecule has 0 radical (unpaired) electrons. The fourth-order valence-corrected chi connectivity index (χ4v) is 1.64. The molecule has 0 unspecified atom stereocenters. The van der Waals surface area contributed by atoms with Crippen LogP contribution >= 0.6 is 11.6 Å². The van der Waals surface area contributed by atoms with Crippen molar-refractivity contribution in [1.82, 2.24) is 4.90 Å². The molecule has 0 aromatic heterocycles. The second-order valence-electron chi connectivity index (χ2n) is 3.87. The van der Waals surface area contributed by atoms with Crippen molar-refractivity contribution in [2.45, 2.75) is 13.3 Å². The molecule has 0 bridgehead atoms. The summed E-state index contributed by atoms with van der Waals surface area (Å²) in [4.78, 5) is 23.6. The number of nitrogens with one attached hydrogen (secondary N) is 1. The Hall–Kier alpha value is -1.82. The van der Waals surface area contributed by atoms with Gasteiger partial charge in [-0.05, 0) is 24.6 Å². The Bertz CT molecular complexity index is 482. The molecule has 0 saturated carbocycles. The summed E-state index contributed by atoms with van der Waals surface area (Å²) in [6, 6.07) is 3.18. The monoisotopic (exact) mass is 288 g/mol. The number of nitrogens with zero attached hydrogens (tertiary/aromatic N) is 1. The molecular formula is C12H14ClFN2O3. The lowest BCUT2D eigenvalue weighted by molar-refractivity contribution is -0.137. The first-order valence-electron chi connectivity index (χ1n) is 5.66. The Labute approximate surface area is 115 Å². The number of aliphatic carboxylic acids is 1. The van der Waals surface area contributed by atoms with Gasteiger partial charge in [-0.1, -0.05) is 18.5 Å². The molecule has 5 nitrogen and oxygen atoms in total. The summed E-state index contributed by atoms with van der Waals surface area (Å²) in [7, 11) is 0. The maximum atomic E-state index is 13.0. The first-order valence-corrected chi connectivity index (χ1v) is 6.04. The van der Waals surface area contributed by atoms with Crippen molar-refractivity contribution < 1.29 is 19.1 Å². The number of benzene rings is 1. The molecule has 0 aliphatic carbocycles. The van der Waals surface area contributed by atoms with Gasteiger partial charge in [0.25, 0.3) is 0 Å². The Morgan fingerprint density at radius 1 is 1.47 bits per heavy atom. The van der Waals surface area contributed by atoms with Gasteiger partial charge in [0.15, 0.2) is 0 Å². The van der Waals surface area contributed by atoms with Gasteiger partial charge in [-0.15, -0.1) is 0 Å². The third kappa shape index (κ3) is 4.75. The molecule has 1 aromatic rings. The van der Waals surface area contributed by atoms with Gasteiger partial charge in [-0.25, -0.2) is 9.18 Å². The van der Waals surface area contributed by atoms with E-state index in [2.05, 4.69) is 5.32 Å². The van der Waals surface area contributed by atoms with Gasteiger partial charge in [0.05, 0.1) is 5.02 Å². The molecule has 0 spiro atoms. The van der Waals surface area contributed by atoms with E-state index >= 15 is 0 Å². The molecule has 0 saturated heterocycles. The number of halogens is 2. The lowest BCUT2D eigenvalue weighted by Gasteiger charge is -2.20. The van der Waals surface area contributed by atoms with Crippen LogP contribution in [-0.4, -0.2) is 35.1 Å². The lowest BCUT2D eigenvalue weighted by atomic mass is 10.3. The van der Waals surface area contributed by atoms with E-state index in [1.165, 1.54) is 12.1 Å². The first-order chi connectivity index (χ1) is 8.93. The molecule has 0 fully saturated rings. The van der Waals surface area contributed by atoms with Crippen molar-refractivity contribution in [1.29, 1.82) is 0 Å². The van der Waals surface area contributed by atoms with E-state index in [4.69, 9.17) is 16.7 Å². The summed E-state index contributed by atoms with van der Waals surface area (Å²) in [5, 5.41) is 11.1. The zero-order chi connectivity index (χ0) is 14.4. The number of hydrogen-bond acceptors (Lipinski definition) is 2. The van der Waals surface area contributed by atoms with Gasteiger partial charge in [0.2, 0.25) is 0 Å². The number of amides is 2. The van der Waals surface area contributed by atoms with Gasteiger partial charge in [0, 0.05) is 12.2 Å². The van der Waals surface area contributed by atoms with E-state index in [0.29, 0.717) is 18.7 Å². The van der Waals surface area contributed by atoms with Gasteiger partial charge in [-0.2, -0.15) is 0 Å². The highest BCUT2D eigenvalue weighted by molar-refractivity contribution is 6.31. The van der Waals surface area contributed by atoms with Crippen LogP contribution < -0.4 is 5.32 Å². The summed E-state index contributed by atoms with van der Waals surface area (Å²) in [5.74, 6) is -1.68. The fourth-order valence-electron chi connectivity index (χ4n) is 1.46. The van der Waals surface area contributed by atoms with Crippen LogP contribution in [0.5, 0.6) is 0 Å². The Morgan fingerprint density at radius 2 is 2.16 bits per heavy atom.